The van der Waals surface area contributed by atoms with Crippen molar-refractivity contribution in [2.45, 2.75) is 19.1 Å². The summed E-state index contributed by atoms with van der Waals surface area (Å²) in [7, 11) is 0. The smallest absolute Gasteiger partial charge is 0.175 e. The Balaban J connectivity index is 1.75. The lowest BCUT2D eigenvalue weighted by molar-refractivity contribution is -0.119. The molecule has 1 aromatic carbocycles. The highest BCUT2D eigenvalue weighted by molar-refractivity contribution is 14.1. The first-order chi connectivity index (χ1) is 8.25. The highest BCUT2D eigenvalue weighted by atomic mass is 127. The Morgan fingerprint density at radius 3 is 2.82 bits per heavy atom. The minimum absolute atomic E-state index is 0.130. The Hall–Kier alpha value is -0.880. The summed E-state index contributed by atoms with van der Waals surface area (Å²) in [6.07, 6.45) is 1.77. The van der Waals surface area contributed by atoms with Gasteiger partial charge in [-0.3, -0.25) is 4.79 Å². The third-order valence-electron chi connectivity index (χ3n) is 2.46. The van der Waals surface area contributed by atoms with Crippen molar-refractivity contribution in [3.8, 4) is 0 Å². The summed E-state index contributed by atoms with van der Waals surface area (Å²) in [5, 5.41) is 0. The van der Waals surface area contributed by atoms with Crippen LogP contribution in [0.4, 0.5) is 0 Å². The van der Waals surface area contributed by atoms with Gasteiger partial charge in [-0.15, -0.1) is 0 Å². The van der Waals surface area contributed by atoms with Crippen molar-refractivity contribution in [3.05, 3.63) is 45.7 Å². The molecule has 1 aliphatic heterocycles. The summed E-state index contributed by atoms with van der Waals surface area (Å²) < 4.78 is 11.6. The average Bonchev–Trinajstić information content (AvgIpc) is 2.35. The predicted octanol–water partition coefficient (Wildman–Crippen LogP) is 2.84. The van der Waals surface area contributed by atoms with Gasteiger partial charge in [0.2, 0.25) is 0 Å². The Morgan fingerprint density at radius 1 is 1.35 bits per heavy atom. The third-order valence-corrected chi connectivity index (χ3v) is 3.31. The van der Waals surface area contributed by atoms with E-state index in [0.717, 1.165) is 5.56 Å². The molecule has 3 nitrogen and oxygen atoms in total. The maximum atomic E-state index is 11.4. The first-order valence-corrected chi connectivity index (χ1v) is 6.49. The van der Waals surface area contributed by atoms with E-state index in [1.165, 1.54) is 6.26 Å². The van der Waals surface area contributed by atoms with Crippen LogP contribution in [0.2, 0.25) is 0 Å². The fourth-order valence-corrected chi connectivity index (χ4v) is 1.92. The van der Waals surface area contributed by atoms with Crippen molar-refractivity contribution < 1.29 is 14.3 Å². The van der Waals surface area contributed by atoms with Gasteiger partial charge in [0.1, 0.15) is 12.4 Å². The molecule has 90 valence electrons. The van der Waals surface area contributed by atoms with Gasteiger partial charge in [-0.2, -0.15) is 0 Å². The number of carbonyl (C=O) groups excluding carboxylic acids is 1. The second kappa shape index (κ2) is 6.16. The van der Waals surface area contributed by atoms with E-state index in [0.29, 0.717) is 23.2 Å². The molecule has 0 spiro atoms. The maximum Gasteiger partial charge on any atom is 0.175 e. The molecular formula is C13H13IO3. The zero-order valence-corrected chi connectivity index (χ0v) is 11.4. The lowest BCUT2D eigenvalue weighted by atomic mass is 10.1. The summed E-state index contributed by atoms with van der Waals surface area (Å²) in [5.74, 6) is 0.130. The van der Waals surface area contributed by atoms with Crippen LogP contribution in [0.1, 0.15) is 12.0 Å². The molecule has 1 heterocycles. The molecule has 0 amide bonds. The number of hydrogen-bond acceptors (Lipinski definition) is 3. The monoisotopic (exact) mass is 344 g/mol. The van der Waals surface area contributed by atoms with Crippen LogP contribution in [-0.4, -0.2) is 18.5 Å². The van der Waals surface area contributed by atoms with Crippen molar-refractivity contribution in [2.24, 2.45) is 0 Å². The van der Waals surface area contributed by atoms with Crippen molar-refractivity contribution >= 4 is 28.4 Å². The number of hydrogen-bond donors (Lipinski definition) is 0. The zero-order chi connectivity index (χ0) is 12.1. The molecule has 1 atom stereocenters. The first-order valence-electron chi connectivity index (χ1n) is 5.41. The quantitative estimate of drug-likeness (QED) is 0.788. The van der Waals surface area contributed by atoms with E-state index >= 15 is 0 Å². The SMILES string of the molecule is O=C1CC(COCc2ccccc2)OC=C1I. The molecule has 0 fully saturated rings. The van der Waals surface area contributed by atoms with Crippen molar-refractivity contribution in [3.63, 3.8) is 0 Å². The summed E-state index contributed by atoms with van der Waals surface area (Å²) >= 11 is 1.99. The minimum Gasteiger partial charge on any atom is -0.494 e. The molecule has 0 radical (unpaired) electrons. The highest BCUT2D eigenvalue weighted by Gasteiger charge is 2.21. The summed E-state index contributed by atoms with van der Waals surface area (Å²) in [4.78, 5) is 11.4. The molecule has 1 aromatic rings. The molecule has 0 aromatic heterocycles. The van der Waals surface area contributed by atoms with Crippen LogP contribution in [0.5, 0.6) is 0 Å². The van der Waals surface area contributed by atoms with E-state index < -0.39 is 0 Å². The van der Waals surface area contributed by atoms with Gasteiger partial charge in [0, 0.05) is 0 Å². The first kappa shape index (κ1) is 12.6. The van der Waals surface area contributed by atoms with Crippen LogP contribution in [0, 0.1) is 0 Å². The van der Waals surface area contributed by atoms with Crippen LogP contribution in [0.25, 0.3) is 0 Å². The topological polar surface area (TPSA) is 35.5 Å². The molecule has 0 aliphatic carbocycles. The Bertz CT molecular complexity index is 414. The van der Waals surface area contributed by atoms with Crippen LogP contribution in [0.15, 0.2) is 40.2 Å². The second-order valence-electron chi connectivity index (χ2n) is 3.85. The Labute approximate surface area is 114 Å². The predicted molar refractivity (Wildman–Crippen MR) is 72.7 cm³/mol. The zero-order valence-electron chi connectivity index (χ0n) is 9.27. The minimum atomic E-state index is -0.148. The molecule has 0 saturated heterocycles. The number of halogens is 1. The fourth-order valence-electron chi connectivity index (χ4n) is 1.55. The summed E-state index contributed by atoms with van der Waals surface area (Å²) in [6.45, 7) is 0.997. The molecule has 4 heteroatoms. The molecule has 0 bridgehead atoms. The van der Waals surface area contributed by atoms with Gasteiger partial charge in [0.05, 0.1) is 23.2 Å². The van der Waals surface area contributed by atoms with Crippen molar-refractivity contribution in [1.29, 1.82) is 0 Å². The van der Waals surface area contributed by atoms with Gasteiger partial charge in [0.25, 0.3) is 0 Å². The molecule has 0 N–H and O–H groups in total. The Morgan fingerprint density at radius 2 is 2.12 bits per heavy atom. The fraction of sp³-hybridized carbons (Fsp3) is 0.308. The van der Waals surface area contributed by atoms with Gasteiger partial charge >= 0.3 is 0 Å². The normalized spacial score (nSPS) is 19.7. The van der Waals surface area contributed by atoms with Gasteiger partial charge in [0.15, 0.2) is 5.78 Å². The number of benzene rings is 1. The van der Waals surface area contributed by atoms with E-state index in [9.17, 15) is 4.79 Å². The number of allylic oxidation sites excluding steroid dienone is 1. The molecule has 2 rings (SSSR count). The average molecular weight is 344 g/mol. The summed E-state index contributed by atoms with van der Waals surface area (Å²) in [5.41, 5.74) is 1.12. The van der Waals surface area contributed by atoms with Crippen molar-refractivity contribution in [2.75, 3.05) is 6.61 Å². The number of Topliss-reactive ketones (excluding diaryl/α,β-unsaturated/α-hetero) is 1. The van der Waals surface area contributed by atoms with Crippen LogP contribution in [-0.2, 0) is 20.9 Å². The van der Waals surface area contributed by atoms with E-state index in [4.69, 9.17) is 9.47 Å². The molecule has 17 heavy (non-hydrogen) atoms. The third kappa shape index (κ3) is 3.81. The largest absolute Gasteiger partial charge is 0.494 e. The van der Waals surface area contributed by atoms with Crippen LogP contribution >= 0.6 is 22.6 Å². The molecule has 1 aliphatic rings. The lowest BCUT2D eigenvalue weighted by Gasteiger charge is -2.20. The van der Waals surface area contributed by atoms with Gasteiger partial charge < -0.3 is 9.47 Å². The van der Waals surface area contributed by atoms with Gasteiger partial charge in [-0.1, -0.05) is 30.3 Å². The number of carbonyl (C=O) groups is 1. The van der Waals surface area contributed by atoms with E-state index in [2.05, 4.69) is 0 Å². The standard InChI is InChI=1S/C13H13IO3/c14-12-9-17-11(6-13(12)15)8-16-7-10-4-2-1-3-5-10/h1-5,9,11H,6-8H2. The van der Waals surface area contributed by atoms with Crippen molar-refractivity contribution in [1.82, 2.24) is 0 Å². The van der Waals surface area contributed by atoms with Gasteiger partial charge in [-0.25, -0.2) is 0 Å². The molecule has 0 saturated carbocycles. The number of ether oxygens (including phenoxy) is 2. The summed E-state index contributed by atoms with van der Waals surface area (Å²) in [6, 6.07) is 9.94. The van der Waals surface area contributed by atoms with E-state index in [1.54, 1.807) is 0 Å². The highest BCUT2D eigenvalue weighted by Crippen LogP contribution is 2.19. The van der Waals surface area contributed by atoms with Gasteiger partial charge in [-0.05, 0) is 28.2 Å². The number of ketones is 1. The second-order valence-corrected chi connectivity index (χ2v) is 5.01. The maximum absolute atomic E-state index is 11.4. The van der Waals surface area contributed by atoms with E-state index in [-0.39, 0.29) is 11.9 Å². The van der Waals surface area contributed by atoms with Crippen LogP contribution < -0.4 is 0 Å². The van der Waals surface area contributed by atoms with E-state index in [1.807, 2.05) is 52.9 Å². The molecular weight excluding hydrogens is 331 g/mol. The lowest BCUT2D eigenvalue weighted by Crippen LogP contribution is -2.25. The molecule has 1 unspecified atom stereocenters. The Kier molecular flexibility index (Phi) is 4.56. The van der Waals surface area contributed by atoms with Crippen LogP contribution in [0.3, 0.4) is 0 Å². The number of rotatable bonds is 4.